The average molecular weight is 258 g/mol. The summed E-state index contributed by atoms with van der Waals surface area (Å²) in [4.78, 5) is 0. The summed E-state index contributed by atoms with van der Waals surface area (Å²) in [6.07, 6.45) is 2.03. The van der Waals surface area contributed by atoms with E-state index in [0.29, 0.717) is 0 Å². The van der Waals surface area contributed by atoms with E-state index in [1.165, 1.54) is 16.8 Å². The van der Waals surface area contributed by atoms with Crippen molar-refractivity contribution in [3.05, 3.63) is 53.6 Å². The van der Waals surface area contributed by atoms with Crippen molar-refractivity contribution in [1.82, 2.24) is 0 Å². The molecular weight excluding hydrogens is 240 g/mol. The first-order valence-electron chi connectivity index (χ1n) is 5.93. The lowest BCUT2D eigenvalue weighted by Gasteiger charge is -2.15. The van der Waals surface area contributed by atoms with Gasteiger partial charge < -0.3 is 10.0 Å². The highest BCUT2D eigenvalue weighted by atomic mass is 32.2. The molecule has 2 nitrogen and oxygen atoms in total. The van der Waals surface area contributed by atoms with E-state index < -0.39 is 0 Å². The van der Waals surface area contributed by atoms with Crippen molar-refractivity contribution in [2.75, 3.05) is 16.3 Å². The molecule has 3 heteroatoms. The van der Waals surface area contributed by atoms with Crippen LogP contribution in [0.1, 0.15) is 11.1 Å². The first-order chi connectivity index (χ1) is 8.70. The predicted octanol–water partition coefficient (Wildman–Crippen LogP) is 4.74. The fourth-order valence-electron chi connectivity index (χ4n) is 1.88. The maximum Gasteiger partial charge on any atom is 0.0492 e. The van der Waals surface area contributed by atoms with Crippen LogP contribution in [-0.4, -0.2) is 6.26 Å². The summed E-state index contributed by atoms with van der Waals surface area (Å²) in [5.74, 6) is 0. The summed E-state index contributed by atoms with van der Waals surface area (Å²) in [5.41, 5.74) is 5.91. The van der Waals surface area contributed by atoms with Crippen LogP contribution in [0.5, 0.6) is 0 Å². The van der Waals surface area contributed by atoms with Gasteiger partial charge in [0.25, 0.3) is 0 Å². The van der Waals surface area contributed by atoms with Gasteiger partial charge in [0.05, 0.1) is 0 Å². The van der Waals surface area contributed by atoms with Gasteiger partial charge in [0.2, 0.25) is 0 Å². The second kappa shape index (κ2) is 5.83. The Balaban J connectivity index is 2.33. The fourth-order valence-corrected chi connectivity index (χ4v) is 2.31. The molecule has 0 atom stereocenters. The van der Waals surface area contributed by atoms with Gasteiger partial charge in [0.15, 0.2) is 0 Å². The van der Waals surface area contributed by atoms with Crippen molar-refractivity contribution in [3.8, 4) is 0 Å². The van der Waals surface area contributed by atoms with E-state index in [1.54, 1.807) is 11.9 Å². The second-order valence-electron chi connectivity index (χ2n) is 4.28. The van der Waals surface area contributed by atoms with E-state index in [4.69, 9.17) is 0 Å². The van der Waals surface area contributed by atoms with Crippen molar-refractivity contribution in [2.24, 2.45) is 0 Å². The minimum atomic E-state index is 1.11. The van der Waals surface area contributed by atoms with Crippen molar-refractivity contribution < 1.29 is 0 Å². The molecule has 2 aromatic rings. The van der Waals surface area contributed by atoms with Gasteiger partial charge in [-0.1, -0.05) is 30.1 Å². The van der Waals surface area contributed by atoms with Crippen molar-refractivity contribution >= 4 is 29.0 Å². The van der Waals surface area contributed by atoms with Crippen LogP contribution < -0.4 is 10.0 Å². The summed E-state index contributed by atoms with van der Waals surface area (Å²) < 4.78 is 3.32. The number of hydrogen-bond acceptors (Lipinski definition) is 3. The smallest absolute Gasteiger partial charge is 0.0492 e. The van der Waals surface area contributed by atoms with Gasteiger partial charge in [-0.05, 0) is 49.2 Å². The van der Waals surface area contributed by atoms with Crippen LogP contribution in [-0.2, 0) is 0 Å². The number of para-hydroxylation sites is 1. The first-order valence-corrected chi connectivity index (χ1v) is 7.15. The minimum Gasteiger partial charge on any atom is -0.355 e. The Hall–Kier alpha value is -1.61. The van der Waals surface area contributed by atoms with Gasteiger partial charge in [0.1, 0.15) is 0 Å². The molecule has 0 aliphatic carbocycles. The van der Waals surface area contributed by atoms with Crippen LogP contribution in [0, 0.1) is 13.8 Å². The van der Waals surface area contributed by atoms with Crippen LogP contribution in [0.2, 0.25) is 0 Å². The highest BCUT2D eigenvalue weighted by Crippen LogP contribution is 2.29. The van der Waals surface area contributed by atoms with Crippen LogP contribution in [0.4, 0.5) is 17.1 Å². The molecular formula is C15H18N2S. The normalized spacial score (nSPS) is 10.2. The van der Waals surface area contributed by atoms with Gasteiger partial charge in [-0.15, -0.1) is 0 Å². The number of hydrogen-bond donors (Lipinski definition) is 2. The molecule has 0 saturated carbocycles. The van der Waals surface area contributed by atoms with E-state index in [1.807, 2.05) is 24.5 Å². The highest BCUT2D eigenvalue weighted by molar-refractivity contribution is 7.99. The number of rotatable bonds is 4. The molecule has 0 fully saturated rings. The molecule has 94 valence electrons. The maximum atomic E-state index is 3.46. The van der Waals surface area contributed by atoms with E-state index in [2.05, 4.69) is 48.2 Å². The first kappa shape index (κ1) is 12.8. The van der Waals surface area contributed by atoms with E-state index in [9.17, 15) is 0 Å². The topological polar surface area (TPSA) is 24.1 Å². The lowest BCUT2D eigenvalue weighted by atomic mass is 10.1. The molecule has 0 amide bonds. The largest absolute Gasteiger partial charge is 0.355 e. The summed E-state index contributed by atoms with van der Waals surface area (Å²) in [6.45, 7) is 4.24. The quantitative estimate of drug-likeness (QED) is 0.775. The summed E-state index contributed by atoms with van der Waals surface area (Å²) >= 11 is 1.61. The van der Waals surface area contributed by atoms with E-state index >= 15 is 0 Å². The minimum absolute atomic E-state index is 1.11. The third-order valence-corrected chi connectivity index (χ3v) is 3.24. The number of anilines is 3. The zero-order chi connectivity index (χ0) is 13.0. The monoisotopic (exact) mass is 258 g/mol. The predicted molar refractivity (Wildman–Crippen MR) is 82.8 cm³/mol. The Morgan fingerprint density at radius 1 is 0.944 bits per heavy atom. The molecule has 0 aromatic heterocycles. The molecule has 2 rings (SSSR count). The Morgan fingerprint density at radius 2 is 1.61 bits per heavy atom. The zero-order valence-electron chi connectivity index (χ0n) is 10.9. The highest BCUT2D eigenvalue weighted by Gasteiger charge is 2.05. The fraction of sp³-hybridized carbons (Fsp3) is 0.200. The van der Waals surface area contributed by atoms with Crippen molar-refractivity contribution in [3.63, 3.8) is 0 Å². The Labute approximate surface area is 113 Å². The SMILES string of the molecule is CSNc1cc(C)cc(Nc2ccccc2)c1C. The zero-order valence-corrected chi connectivity index (χ0v) is 11.8. The molecule has 0 unspecified atom stereocenters. The Kier molecular flexibility index (Phi) is 4.15. The molecule has 2 N–H and O–H groups in total. The molecule has 0 heterocycles. The lowest BCUT2D eigenvalue weighted by Crippen LogP contribution is -1.97. The molecule has 2 aromatic carbocycles. The number of benzene rings is 2. The number of nitrogens with one attached hydrogen (secondary N) is 2. The third-order valence-electron chi connectivity index (χ3n) is 2.82. The molecule has 0 aliphatic rings. The summed E-state index contributed by atoms with van der Waals surface area (Å²) in [6, 6.07) is 14.6. The molecule has 0 spiro atoms. The van der Waals surface area contributed by atoms with Gasteiger partial charge in [-0.3, -0.25) is 0 Å². The van der Waals surface area contributed by atoms with Crippen molar-refractivity contribution in [1.29, 1.82) is 0 Å². The van der Waals surface area contributed by atoms with Crippen LogP contribution in [0.3, 0.4) is 0 Å². The van der Waals surface area contributed by atoms with Crippen LogP contribution in [0.15, 0.2) is 42.5 Å². The third kappa shape index (κ3) is 2.99. The molecule has 0 aliphatic heterocycles. The molecule has 18 heavy (non-hydrogen) atoms. The molecule has 0 saturated heterocycles. The van der Waals surface area contributed by atoms with Crippen LogP contribution >= 0.6 is 11.9 Å². The molecule has 0 radical (unpaired) electrons. The van der Waals surface area contributed by atoms with Gasteiger partial charge in [0, 0.05) is 23.3 Å². The lowest BCUT2D eigenvalue weighted by molar-refractivity contribution is 1.38. The standard InChI is InChI=1S/C15H18N2S/c1-11-9-14(12(2)15(10-11)17-18-3)16-13-7-5-4-6-8-13/h4-10,16-17H,1-3H3. The summed E-state index contributed by atoms with van der Waals surface area (Å²) in [7, 11) is 0. The van der Waals surface area contributed by atoms with Crippen LogP contribution in [0.25, 0.3) is 0 Å². The van der Waals surface area contributed by atoms with Crippen molar-refractivity contribution in [2.45, 2.75) is 13.8 Å². The van der Waals surface area contributed by atoms with Gasteiger partial charge in [-0.2, -0.15) is 0 Å². The average Bonchev–Trinajstić information content (AvgIpc) is 2.36. The Bertz CT molecular complexity index is 524. The van der Waals surface area contributed by atoms with Gasteiger partial charge in [-0.25, -0.2) is 0 Å². The van der Waals surface area contributed by atoms with E-state index in [-0.39, 0.29) is 0 Å². The van der Waals surface area contributed by atoms with Gasteiger partial charge >= 0.3 is 0 Å². The second-order valence-corrected chi connectivity index (χ2v) is 4.89. The molecule has 0 bridgehead atoms. The van der Waals surface area contributed by atoms with E-state index in [0.717, 1.165) is 11.4 Å². The maximum absolute atomic E-state index is 3.46. The number of aryl methyl sites for hydroxylation is 1. The Morgan fingerprint density at radius 3 is 2.28 bits per heavy atom. The summed E-state index contributed by atoms with van der Waals surface area (Å²) in [5, 5.41) is 3.46.